The summed E-state index contributed by atoms with van der Waals surface area (Å²) in [6.45, 7) is 0. The average molecular weight is 255 g/mol. The molecule has 0 radical (unpaired) electrons. The number of hydrogen-bond acceptors (Lipinski definition) is 1. The van der Waals surface area contributed by atoms with Crippen LogP contribution in [0.3, 0.4) is 0 Å². The third kappa shape index (κ3) is 1.76. The zero-order chi connectivity index (χ0) is 13.4. The van der Waals surface area contributed by atoms with Gasteiger partial charge in [0.25, 0.3) is 0 Å². The van der Waals surface area contributed by atoms with Gasteiger partial charge in [0.1, 0.15) is 0 Å². The summed E-state index contributed by atoms with van der Waals surface area (Å²) in [6.07, 6.45) is 1.89. The van der Waals surface area contributed by atoms with Gasteiger partial charge in [-0.15, -0.1) is 0 Å². The molecule has 1 aromatic heterocycles. The van der Waals surface area contributed by atoms with Crippen molar-refractivity contribution in [1.29, 1.82) is 0 Å². The van der Waals surface area contributed by atoms with Crippen molar-refractivity contribution in [3.63, 3.8) is 0 Å². The van der Waals surface area contributed by atoms with E-state index in [1.165, 1.54) is 21.5 Å². The molecule has 0 spiro atoms. The van der Waals surface area contributed by atoms with E-state index in [4.69, 9.17) is 0 Å². The second-order valence-electron chi connectivity index (χ2n) is 4.95. The van der Waals surface area contributed by atoms with Crippen molar-refractivity contribution in [3.8, 4) is 11.3 Å². The molecule has 0 aliphatic heterocycles. The lowest BCUT2D eigenvalue weighted by Gasteiger charge is -2.07. The normalized spacial score (nSPS) is 11.0. The lowest BCUT2D eigenvalue weighted by Crippen LogP contribution is -1.86. The first-order valence-electron chi connectivity index (χ1n) is 6.75. The SMILES string of the molecule is c1ccc(-c2nccc3cc4ccccc4cc23)cc1. The van der Waals surface area contributed by atoms with E-state index in [0.717, 1.165) is 11.3 Å². The number of benzene rings is 3. The van der Waals surface area contributed by atoms with E-state index in [2.05, 4.69) is 71.7 Å². The number of hydrogen-bond donors (Lipinski definition) is 0. The van der Waals surface area contributed by atoms with Crippen molar-refractivity contribution < 1.29 is 0 Å². The summed E-state index contributed by atoms with van der Waals surface area (Å²) in [6, 6.07) is 25.4. The minimum atomic E-state index is 1.05. The van der Waals surface area contributed by atoms with E-state index in [1.807, 2.05) is 12.3 Å². The Hall–Kier alpha value is -2.67. The monoisotopic (exact) mass is 255 g/mol. The number of aromatic nitrogens is 1. The molecule has 0 fully saturated rings. The molecule has 1 heteroatoms. The molecular weight excluding hydrogens is 242 g/mol. The number of pyridine rings is 1. The zero-order valence-electron chi connectivity index (χ0n) is 11.0. The third-order valence-electron chi connectivity index (χ3n) is 3.68. The number of rotatable bonds is 1. The quantitative estimate of drug-likeness (QED) is 0.433. The molecule has 0 aliphatic rings. The van der Waals surface area contributed by atoms with Crippen LogP contribution in [0.5, 0.6) is 0 Å². The second kappa shape index (κ2) is 4.46. The summed E-state index contributed by atoms with van der Waals surface area (Å²) < 4.78 is 0. The third-order valence-corrected chi connectivity index (χ3v) is 3.68. The van der Waals surface area contributed by atoms with Crippen LogP contribution < -0.4 is 0 Å². The fourth-order valence-electron chi connectivity index (χ4n) is 2.69. The van der Waals surface area contributed by atoms with Crippen molar-refractivity contribution >= 4 is 21.5 Å². The fraction of sp³-hybridized carbons (Fsp3) is 0. The van der Waals surface area contributed by atoms with Crippen LogP contribution in [0.25, 0.3) is 32.8 Å². The molecule has 0 aliphatic carbocycles. The van der Waals surface area contributed by atoms with Crippen LogP contribution in [-0.4, -0.2) is 4.98 Å². The molecule has 0 unspecified atom stereocenters. The van der Waals surface area contributed by atoms with Crippen molar-refractivity contribution in [2.24, 2.45) is 0 Å². The topological polar surface area (TPSA) is 12.9 Å². The van der Waals surface area contributed by atoms with Gasteiger partial charge in [0.05, 0.1) is 5.69 Å². The van der Waals surface area contributed by atoms with E-state index in [0.29, 0.717) is 0 Å². The Morgan fingerprint density at radius 2 is 1.30 bits per heavy atom. The summed E-state index contributed by atoms with van der Waals surface area (Å²) >= 11 is 0. The standard InChI is InChI=1S/C19H13N/c1-2-6-14(7-3-1)19-18-13-16-9-5-4-8-15(16)12-17(18)10-11-20-19/h1-13H. The highest BCUT2D eigenvalue weighted by Crippen LogP contribution is 2.29. The van der Waals surface area contributed by atoms with Gasteiger partial charge in [-0.25, -0.2) is 0 Å². The van der Waals surface area contributed by atoms with Crippen LogP contribution in [0.2, 0.25) is 0 Å². The van der Waals surface area contributed by atoms with Gasteiger partial charge in [-0.1, -0.05) is 54.6 Å². The largest absolute Gasteiger partial charge is 0.256 e. The molecule has 0 amide bonds. The Morgan fingerprint density at radius 3 is 2.10 bits per heavy atom. The first-order chi connectivity index (χ1) is 9.92. The molecule has 4 aromatic rings. The van der Waals surface area contributed by atoms with Gasteiger partial charge in [0, 0.05) is 17.1 Å². The zero-order valence-corrected chi connectivity index (χ0v) is 11.0. The first-order valence-corrected chi connectivity index (χ1v) is 6.75. The van der Waals surface area contributed by atoms with Gasteiger partial charge in [-0.3, -0.25) is 4.98 Å². The van der Waals surface area contributed by atoms with E-state index < -0.39 is 0 Å². The number of fused-ring (bicyclic) bond motifs is 2. The van der Waals surface area contributed by atoms with E-state index in [9.17, 15) is 0 Å². The summed E-state index contributed by atoms with van der Waals surface area (Å²) in [4.78, 5) is 4.58. The fourth-order valence-corrected chi connectivity index (χ4v) is 2.69. The highest BCUT2D eigenvalue weighted by Gasteiger charge is 2.06. The maximum atomic E-state index is 4.58. The molecule has 1 heterocycles. The molecule has 1 nitrogen and oxygen atoms in total. The van der Waals surface area contributed by atoms with E-state index in [-0.39, 0.29) is 0 Å². The van der Waals surface area contributed by atoms with Crippen molar-refractivity contribution in [3.05, 3.63) is 79.0 Å². The summed E-state index contributed by atoms with van der Waals surface area (Å²) in [5.74, 6) is 0. The maximum Gasteiger partial charge on any atom is 0.0780 e. The molecule has 20 heavy (non-hydrogen) atoms. The lowest BCUT2D eigenvalue weighted by atomic mass is 10.00. The predicted molar refractivity (Wildman–Crippen MR) is 84.7 cm³/mol. The van der Waals surface area contributed by atoms with Crippen molar-refractivity contribution in [2.75, 3.05) is 0 Å². The van der Waals surface area contributed by atoms with Gasteiger partial charge in [-0.05, 0) is 34.4 Å². The van der Waals surface area contributed by atoms with Crippen LogP contribution in [0, 0.1) is 0 Å². The van der Waals surface area contributed by atoms with Gasteiger partial charge < -0.3 is 0 Å². The summed E-state index contributed by atoms with van der Waals surface area (Å²) in [5, 5.41) is 4.96. The molecule has 4 rings (SSSR count). The molecular formula is C19H13N. The average Bonchev–Trinajstić information content (AvgIpc) is 2.53. The second-order valence-corrected chi connectivity index (χ2v) is 4.95. The summed E-state index contributed by atoms with van der Waals surface area (Å²) in [7, 11) is 0. The number of nitrogens with zero attached hydrogens (tertiary/aromatic N) is 1. The van der Waals surface area contributed by atoms with Crippen LogP contribution in [0.1, 0.15) is 0 Å². The van der Waals surface area contributed by atoms with Gasteiger partial charge in [0.15, 0.2) is 0 Å². The Balaban J connectivity index is 2.09. The van der Waals surface area contributed by atoms with Crippen LogP contribution in [0.4, 0.5) is 0 Å². The van der Waals surface area contributed by atoms with Gasteiger partial charge in [-0.2, -0.15) is 0 Å². The minimum Gasteiger partial charge on any atom is -0.256 e. The molecule has 0 bridgehead atoms. The predicted octanol–water partition coefficient (Wildman–Crippen LogP) is 5.06. The maximum absolute atomic E-state index is 4.58. The lowest BCUT2D eigenvalue weighted by molar-refractivity contribution is 1.36. The van der Waals surface area contributed by atoms with Crippen LogP contribution in [0.15, 0.2) is 79.0 Å². The Labute approximate surface area is 117 Å². The Bertz CT molecular complexity index is 895. The Kier molecular flexibility index (Phi) is 2.49. The smallest absolute Gasteiger partial charge is 0.0780 e. The minimum absolute atomic E-state index is 1.05. The molecule has 0 N–H and O–H groups in total. The van der Waals surface area contributed by atoms with Gasteiger partial charge >= 0.3 is 0 Å². The highest BCUT2D eigenvalue weighted by molar-refractivity contribution is 6.03. The molecule has 0 saturated heterocycles. The first kappa shape index (κ1) is 11.2. The molecule has 0 saturated carbocycles. The van der Waals surface area contributed by atoms with Gasteiger partial charge in [0.2, 0.25) is 0 Å². The van der Waals surface area contributed by atoms with Crippen LogP contribution >= 0.6 is 0 Å². The van der Waals surface area contributed by atoms with E-state index >= 15 is 0 Å². The molecule has 3 aromatic carbocycles. The van der Waals surface area contributed by atoms with Crippen molar-refractivity contribution in [1.82, 2.24) is 4.98 Å². The molecule has 0 atom stereocenters. The summed E-state index contributed by atoms with van der Waals surface area (Å²) in [5.41, 5.74) is 2.21. The van der Waals surface area contributed by atoms with Crippen LogP contribution in [-0.2, 0) is 0 Å². The molecule has 94 valence electrons. The highest BCUT2D eigenvalue weighted by atomic mass is 14.7. The Morgan fingerprint density at radius 1 is 0.600 bits per heavy atom. The van der Waals surface area contributed by atoms with E-state index in [1.54, 1.807) is 0 Å². The van der Waals surface area contributed by atoms with Crippen molar-refractivity contribution in [2.45, 2.75) is 0 Å².